The Labute approximate surface area is 115 Å². The number of nitrogens with one attached hydrogen (secondary N) is 1. The summed E-state index contributed by atoms with van der Waals surface area (Å²) in [4.78, 5) is 13.9. The molecule has 2 N–H and O–H groups in total. The lowest BCUT2D eigenvalue weighted by molar-refractivity contribution is 0.128. The van der Waals surface area contributed by atoms with E-state index in [1.54, 1.807) is 0 Å². The number of hydrogen-bond acceptors (Lipinski definition) is 3. The summed E-state index contributed by atoms with van der Waals surface area (Å²) in [5.41, 5.74) is 0. The van der Waals surface area contributed by atoms with Crippen LogP contribution < -0.4 is 5.32 Å². The molecule has 1 fully saturated rings. The number of amides is 2. The van der Waals surface area contributed by atoms with E-state index in [0.717, 1.165) is 37.3 Å². The smallest absolute Gasteiger partial charge is 0.317 e. The Morgan fingerprint density at radius 3 is 3.06 bits per heavy atom. The lowest BCUT2D eigenvalue weighted by atomic mass is 9.99. The van der Waals surface area contributed by atoms with Crippen molar-refractivity contribution in [1.82, 2.24) is 10.2 Å². The number of aliphatic hydroxyl groups excluding tert-OH is 1. The van der Waals surface area contributed by atoms with E-state index in [2.05, 4.69) is 19.2 Å². The van der Waals surface area contributed by atoms with Crippen LogP contribution in [0.25, 0.3) is 0 Å². The summed E-state index contributed by atoms with van der Waals surface area (Å²) in [6.07, 6.45) is 3.04. The van der Waals surface area contributed by atoms with Gasteiger partial charge in [0.15, 0.2) is 0 Å². The van der Waals surface area contributed by atoms with Crippen LogP contribution in [0.15, 0.2) is 0 Å². The number of nitrogens with zero attached hydrogens (tertiary/aromatic N) is 1. The summed E-state index contributed by atoms with van der Waals surface area (Å²) >= 11 is 1.91. The van der Waals surface area contributed by atoms with E-state index < -0.39 is 0 Å². The van der Waals surface area contributed by atoms with Crippen molar-refractivity contribution in [3.05, 3.63) is 0 Å². The standard InChI is InChI=1S/C13H26N2O2S/c1-3-18-8-6-11(2)14-13(17)15-7-4-5-12(9-15)10-16/h11-12,16H,3-10H2,1-2H3,(H,14,17)/t11-,12+/m0/s1. The number of piperidine rings is 1. The van der Waals surface area contributed by atoms with E-state index in [0.29, 0.717) is 6.54 Å². The third-order valence-electron chi connectivity index (χ3n) is 3.33. The number of carbonyl (C=O) groups excluding carboxylic acids is 1. The van der Waals surface area contributed by atoms with Crippen LogP contribution in [0.5, 0.6) is 0 Å². The van der Waals surface area contributed by atoms with Crippen molar-refractivity contribution >= 4 is 17.8 Å². The molecule has 1 heterocycles. The second kappa shape index (κ2) is 8.64. The van der Waals surface area contributed by atoms with E-state index in [-0.39, 0.29) is 24.6 Å². The highest BCUT2D eigenvalue weighted by atomic mass is 32.2. The minimum absolute atomic E-state index is 0.0298. The van der Waals surface area contributed by atoms with Gasteiger partial charge in [0.25, 0.3) is 0 Å². The number of rotatable bonds is 6. The molecule has 4 nitrogen and oxygen atoms in total. The molecule has 0 aromatic rings. The maximum atomic E-state index is 12.0. The summed E-state index contributed by atoms with van der Waals surface area (Å²) in [7, 11) is 0. The summed E-state index contributed by atoms with van der Waals surface area (Å²) in [5.74, 6) is 2.48. The van der Waals surface area contributed by atoms with Crippen molar-refractivity contribution in [2.75, 3.05) is 31.2 Å². The molecular formula is C13H26N2O2S. The molecule has 0 radical (unpaired) electrons. The van der Waals surface area contributed by atoms with Crippen molar-refractivity contribution in [2.24, 2.45) is 5.92 Å². The topological polar surface area (TPSA) is 52.6 Å². The first-order valence-corrected chi connectivity index (χ1v) is 8.06. The maximum Gasteiger partial charge on any atom is 0.317 e. The largest absolute Gasteiger partial charge is 0.396 e. The van der Waals surface area contributed by atoms with Crippen molar-refractivity contribution in [1.29, 1.82) is 0 Å². The first kappa shape index (κ1) is 15.6. The lowest BCUT2D eigenvalue weighted by Gasteiger charge is -2.32. The molecule has 0 aromatic heterocycles. The van der Waals surface area contributed by atoms with Crippen LogP contribution in [0.4, 0.5) is 4.79 Å². The second-order valence-corrected chi connectivity index (χ2v) is 6.37. The van der Waals surface area contributed by atoms with Crippen LogP contribution in [-0.4, -0.2) is 53.3 Å². The molecule has 1 aliphatic rings. The highest BCUT2D eigenvalue weighted by molar-refractivity contribution is 7.99. The normalized spacial score (nSPS) is 21.7. The zero-order valence-corrected chi connectivity index (χ0v) is 12.3. The number of likely N-dealkylation sites (tertiary alicyclic amines) is 1. The summed E-state index contributed by atoms with van der Waals surface area (Å²) in [6.45, 7) is 5.91. The summed E-state index contributed by atoms with van der Waals surface area (Å²) in [5, 5.41) is 12.2. The van der Waals surface area contributed by atoms with Gasteiger partial charge >= 0.3 is 6.03 Å². The van der Waals surface area contributed by atoms with E-state index in [9.17, 15) is 4.79 Å². The van der Waals surface area contributed by atoms with Gasteiger partial charge in [-0.15, -0.1) is 0 Å². The van der Waals surface area contributed by atoms with Crippen LogP contribution in [0.1, 0.15) is 33.1 Å². The lowest BCUT2D eigenvalue weighted by Crippen LogP contribution is -2.48. The molecule has 0 spiro atoms. The Kier molecular flexibility index (Phi) is 7.51. The average molecular weight is 274 g/mol. The molecule has 0 unspecified atom stereocenters. The molecule has 1 aliphatic heterocycles. The van der Waals surface area contributed by atoms with Crippen LogP contribution >= 0.6 is 11.8 Å². The molecule has 0 aliphatic carbocycles. The van der Waals surface area contributed by atoms with Crippen LogP contribution in [0.2, 0.25) is 0 Å². The van der Waals surface area contributed by atoms with E-state index in [1.165, 1.54) is 0 Å². The van der Waals surface area contributed by atoms with Gasteiger partial charge in [-0.1, -0.05) is 6.92 Å². The Bertz CT molecular complexity index is 251. The minimum atomic E-state index is 0.0298. The monoisotopic (exact) mass is 274 g/mol. The van der Waals surface area contributed by atoms with Gasteiger partial charge in [0, 0.05) is 25.7 Å². The number of aliphatic hydroxyl groups is 1. The molecule has 5 heteroatoms. The van der Waals surface area contributed by atoms with Crippen molar-refractivity contribution in [2.45, 2.75) is 39.2 Å². The molecule has 0 bridgehead atoms. The Morgan fingerprint density at radius 2 is 2.39 bits per heavy atom. The zero-order valence-electron chi connectivity index (χ0n) is 11.5. The van der Waals surface area contributed by atoms with Gasteiger partial charge in [-0.05, 0) is 43.6 Å². The summed E-state index contributed by atoms with van der Waals surface area (Å²) in [6, 6.07) is 0.258. The molecule has 2 amide bonds. The van der Waals surface area contributed by atoms with Gasteiger partial charge in [0.05, 0.1) is 0 Å². The number of hydrogen-bond donors (Lipinski definition) is 2. The van der Waals surface area contributed by atoms with Gasteiger partial charge in [-0.25, -0.2) is 4.79 Å². The van der Waals surface area contributed by atoms with E-state index >= 15 is 0 Å². The Morgan fingerprint density at radius 1 is 1.61 bits per heavy atom. The molecule has 1 rings (SSSR count). The van der Waals surface area contributed by atoms with Crippen LogP contribution in [-0.2, 0) is 0 Å². The van der Waals surface area contributed by atoms with Gasteiger partial charge < -0.3 is 15.3 Å². The van der Waals surface area contributed by atoms with Crippen molar-refractivity contribution in [3.63, 3.8) is 0 Å². The minimum Gasteiger partial charge on any atom is -0.396 e. The molecule has 0 aromatic carbocycles. The predicted molar refractivity (Wildman–Crippen MR) is 77.0 cm³/mol. The summed E-state index contributed by atoms with van der Waals surface area (Å²) < 4.78 is 0. The number of urea groups is 1. The fourth-order valence-electron chi connectivity index (χ4n) is 2.18. The maximum absolute atomic E-state index is 12.0. The number of carbonyl (C=O) groups is 1. The fourth-order valence-corrected chi connectivity index (χ4v) is 2.99. The van der Waals surface area contributed by atoms with E-state index in [1.807, 2.05) is 16.7 Å². The van der Waals surface area contributed by atoms with Gasteiger partial charge in [0.1, 0.15) is 0 Å². The number of thioether (sulfide) groups is 1. The van der Waals surface area contributed by atoms with Crippen molar-refractivity contribution in [3.8, 4) is 0 Å². The van der Waals surface area contributed by atoms with E-state index in [4.69, 9.17) is 5.11 Å². The highest BCUT2D eigenvalue weighted by Gasteiger charge is 2.23. The molecule has 18 heavy (non-hydrogen) atoms. The molecular weight excluding hydrogens is 248 g/mol. The Hall–Kier alpha value is -0.420. The fraction of sp³-hybridized carbons (Fsp3) is 0.923. The zero-order chi connectivity index (χ0) is 13.4. The molecule has 0 saturated carbocycles. The third-order valence-corrected chi connectivity index (χ3v) is 4.27. The molecule has 2 atom stereocenters. The SMILES string of the molecule is CCSCC[C@H](C)NC(=O)N1CCC[C@@H](CO)C1. The van der Waals surface area contributed by atoms with Gasteiger partial charge in [-0.3, -0.25) is 0 Å². The highest BCUT2D eigenvalue weighted by Crippen LogP contribution is 2.16. The average Bonchev–Trinajstić information content (AvgIpc) is 2.39. The van der Waals surface area contributed by atoms with Gasteiger partial charge in [-0.2, -0.15) is 11.8 Å². The first-order valence-electron chi connectivity index (χ1n) is 6.91. The predicted octanol–water partition coefficient (Wildman–Crippen LogP) is 1.93. The third kappa shape index (κ3) is 5.48. The quantitative estimate of drug-likeness (QED) is 0.728. The second-order valence-electron chi connectivity index (χ2n) is 4.97. The van der Waals surface area contributed by atoms with Crippen molar-refractivity contribution < 1.29 is 9.90 Å². The van der Waals surface area contributed by atoms with Crippen LogP contribution in [0.3, 0.4) is 0 Å². The first-order chi connectivity index (χ1) is 8.67. The van der Waals surface area contributed by atoms with Crippen LogP contribution in [0, 0.1) is 5.92 Å². The molecule has 1 saturated heterocycles. The molecule has 106 valence electrons. The Balaban J connectivity index is 2.26. The van der Waals surface area contributed by atoms with Gasteiger partial charge in [0.2, 0.25) is 0 Å².